The summed E-state index contributed by atoms with van der Waals surface area (Å²) in [5.74, 6) is -0.247. The van der Waals surface area contributed by atoms with Crippen molar-refractivity contribution in [1.29, 1.82) is 0 Å². The van der Waals surface area contributed by atoms with Crippen LogP contribution in [0.3, 0.4) is 0 Å². The minimum absolute atomic E-state index is 0.109. The summed E-state index contributed by atoms with van der Waals surface area (Å²) >= 11 is 6.27. The molecule has 1 amide bonds. The second kappa shape index (κ2) is 9.09. The predicted octanol–water partition coefficient (Wildman–Crippen LogP) is 3.29. The first kappa shape index (κ1) is 22.2. The van der Waals surface area contributed by atoms with E-state index in [1.807, 2.05) is 4.90 Å². The topological polar surface area (TPSA) is 92.3 Å². The highest BCUT2D eigenvalue weighted by atomic mass is 35.5. The molecule has 0 bridgehead atoms. The van der Waals surface area contributed by atoms with Crippen LogP contribution in [0.25, 0.3) is 0 Å². The highest BCUT2D eigenvalue weighted by Crippen LogP contribution is 2.38. The van der Waals surface area contributed by atoms with Gasteiger partial charge in [0.2, 0.25) is 0 Å². The van der Waals surface area contributed by atoms with Crippen molar-refractivity contribution in [2.75, 3.05) is 17.7 Å². The Morgan fingerprint density at radius 2 is 2.13 bits per heavy atom. The number of carbonyl (C=O) groups excluding carboxylic acids is 1. The average molecular weight is 453 g/mol. The van der Waals surface area contributed by atoms with Gasteiger partial charge in [0.15, 0.2) is 9.84 Å². The predicted molar refractivity (Wildman–Crippen MR) is 114 cm³/mol. The van der Waals surface area contributed by atoms with Crippen LogP contribution in [0.5, 0.6) is 0 Å². The zero-order valence-corrected chi connectivity index (χ0v) is 18.1. The zero-order valence-electron chi connectivity index (χ0n) is 16.5. The van der Waals surface area contributed by atoms with E-state index in [-0.39, 0.29) is 17.6 Å². The molecule has 1 saturated heterocycles. The first-order valence-electron chi connectivity index (χ1n) is 9.37. The van der Waals surface area contributed by atoms with Gasteiger partial charge in [-0.2, -0.15) is 0 Å². The largest absolute Gasteiger partial charge is 0.348 e. The molecule has 2 heterocycles. The molecule has 0 saturated carbocycles. The van der Waals surface area contributed by atoms with Crippen LogP contribution in [0.15, 0.2) is 42.1 Å². The number of hydrogen-bond donors (Lipinski definition) is 1. The van der Waals surface area contributed by atoms with Crippen LogP contribution >= 0.6 is 11.6 Å². The number of nitrogens with one attached hydrogen (secondary N) is 1. The summed E-state index contributed by atoms with van der Waals surface area (Å²) in [5.41, 5.74) is 0.808. The second-order valence-electron chi connectivity index (χ2n) is 7.20. The van der Waals surface area contributed by atoms with Crippen molar-refractivity contribution in [2.45, 2.75) is 31.8 Å². The first-order chi connectivity index (χ1) is 14.1. The Balaban J connectivity index is 1.72. The van der Waals surface area contributed by atoms with Crippen molar-refractivity contribution in [2.24, 2.45) is 0 Å². The molecular weight excluding hydrogens is 431 g/mol. The highest BCUT2D eigenvalue weighted by Gasteiger charge is 2.29. The molecule has 0 aliphatic carbocycles. The number of sulfone groups is 1. The van der Waals surface area contributed by atoms with Crippen molar-refractivity contribution >= 4 is 33.2 Å². The molecule has 30 heavy (non-hydrogen) atoms. The lowest BCUT2D eigenvalue weighted by molar-refractivity contribution is 0.0941. The number of halogens is 2. The Morgan fingerprint density at radius 1 is 1.37 bits per heavy atom. The van der Waals surface area contributed by atoms with E-state index >= 15 is 0 Å². The SMILES string of the molecule is C[C@H](/C=C/S(C)(=O)=O)NC(=O)c1cnc(N2CCCC2c2cc(F)ccc2Cl)cn1. The Morgan fingerprint density at radius 3 is 2.80 bits per heavy atom. The van der Waals surface area contributed by atoms with Crippen LogP contribution in [0.2, 0.25) is 5.02 Å². The van der Waals surface area contributed by atoms with Gasteiger partial charge in [0.25, 0.3) is 5.91 Å². The van der Waals surface area contributed by atoms with Gasteiger partial charge in [0.05, 0.1) is 18.4 Å². The number of anilines is 1. The summed E-state index contributed by atoms with van der Waals surface area (Å²) < 4.78 is 36.0. The Kier molecular flexibility index (Phi) is 6.72. The average Bonchev–Trinajstić information content (AvgIpc) is 3.17. The van der Waals surface area contributed by atoms with Gasteiger partial charge in [-0.1, -0.05) is 17.7 Å². The summed E-state index contributed by atoms with van der Waals surface area (Å²) in [6.07, 6.45) is 7.01. The van der Waals surface area contributed by atoms with E-state index in [1.165, 1.54) is 30.6 Å². The molecule has 1 unspecified atom stereocenters. The molecule has 1 aromatic carbocycles. The number of rotatable bonds is 6. The Labute approximate surface area is 179 Å². The van der Waals surface area contributed by atoms with Gasteiger partial charge >= 0.3 is 0 Å². The lowest BCUT2D eigenvalue weighted by Crippen LogP contribution is -2.32. The van der Waals surface area contributed by atoms with Crippen molar-refractivity contribution in [1.82, 2.24) is 15.3 Å². The van der Waals surface area contributed by atoms with Gasteiger partial charge in [-0.05, 0) is 43.5 Å². The quantitative estimate of drug-likeness (QED) is 0.723. The minimum Gasteiger partial charge on any atom is -0.348 e. The maximum atomic E-state index is 13.7. The summed E-state index contributed by atoms with van der Waals surface area (Å²) in [5, 5.41) is 4.17. The molecule has 7 nitrogen and oxygen atoms in total. The summed E-state index contributed by atoms with van der Waals surface area (Å²) in [7, 11) is -3.27. The maximum Gasteiger partial charge on any atom is 0.271 e. The van der Waals surface area contributed by atoms with E-state index in [2.05, 4.69) is 15.3 Å². The van der Waals surface area contributed by atoms with Crippen LogP contribution in [0.4, 0.5) is 10.2 Å². The lowest BCUT2D eigenvalue weighted by atomic mass is 10.0. The third kappa shape index (κ3) is 5.54. The van der Waals surface area contributed by atoms with Crippen LogP contribution in [-0.2, 0) is 9.84 Å². The summed E-state index contributed by atoms with van der Waals surface area (Å²) in [6.45, 7) is 2.37. The number of nitrogens with zero attached hydrogens (tertiary/aromatic N) is 3. The van der Waals surface area contributed by atoms with Gasteiger partial charge in [0, 0.05) is 29.3 Å². The van der Waals surface area contributed by atoms with Gasteiger partial charge in [-0.3, -0.25) is 4.79 Å². The van der Waals surface area contributed by atoms with E-state index in [9.17, 15) is 17.6 Å². The number of benzene rings is 1. The monoisotopic (exact) mass is 452 g/mol. The van der Waals surface area contributed by atoms with Crippen LogP contribution in [0, 0.1) is 5.82 Å². The third-order valence-electron chi connectivity index (χ3n) is 4.71. The lowest BCUT2D eigenvalue weighted by Gasteiger charge is -2.26. The van der Waals surface area contributed by atoms with E-state index in [1.54, 1.807) is 13.0 Å². The molecule has 0 spiro atoms. The second-order valence-corrected chi connectivity index (χ2v) is 9.54. The molecule has 10 heteroatoms. The third-order valence-corrected chi connectivity index (χ3v) is 5.70. The molecule has 1 aliphatic heterocycles. The first-order valence-corrected chi connectivity index (χ1v) is 11.7. The van der Waals surface area contributed by atoms with Crippen LogP contribution in [0.1, 0.15) is 41.9 Å². The maximum absolute atomic E-state index is 13.7. The van der Waals surface area contributed by atoms with Crippen molar-refractivity contribution in [3.05, 3.63) is 64.2 Å². The molecule has 160 valence electrons. The number of amides is 1. The molecule has 2 atom stereocenters. The normalized spacial score (nSPS) is 18.0. The molecule has 1 fully saturated rings. The Bertz CT molecular complexity index is 1060. The fraction of sp³-hybridized carbons (Fsp3) is 0.350. The van der Waals surface area contributed by atoms with E-state index in [0.29, 0.717) is 22.9 Å². The van der Waals surface area contributed by atoms with E-state index < -0.39 is 21.8 Å². The molecule has 1 aliphatic rings. The molecule has 3 rings (SSSR count). The smallest absolute Gasteiger partial charge is 0.271 e. The molecule has 2 aromatic rings. The summed E-state index contributed by atoms with van der Waals surface area (Å²) in [6, 6.07) is 3.69. The van der Waals surface area contributed by atoms with Gasteiger partial charge in [0.1, 0.15) is 17.3 Å². The standard InChI is InChI=1S/C20H22ClFN4O3S/c1-13(7-9-30(2,28)29)25-20(27)17-11-24-19(12-23-17)26-8-3-4-18(26)15-10-14(22)5-6-16(15)21/h5-7,9-13,18H,3-4,8H2,1-2H3,(H,25,27)/b9-7+/t13-,18?/m1/s1. The van der Waals surface area contributed by atoms with Crippen molar-refractivity contribution < 1.29 is 17.6 Å². The molecule has 0 radical (unpaired) electrons. The van der Waals surface area contributed by atoms with Crippen molar-refractivity contribution in [3.8, 4) is 0 Å². The molecule has 1 aromatic heterocycles. The van der Waals surface area contributed by atoms with Gasteiger partial charge in [-0.25, -0.2) is 22.8 Å². The number of aromatic nitrogens is 2. The van der Waals surface area contributed by atoms with Gasteiger partial charge < -0.3 is 10.2 Å². The van der Waals surface area contributed by atoms with Crippen LogP contribution < -0.4 is 10.2 Å². The highest BCUT2D eigenvalue weighted by molar-refractivity contribution is 7.93. The minimum atomic E-state index is -3.27. The number of carbonyl (C=O) groups is 1. The Hall–Kier alpha value is -2.52. The molecule has 1 N–H and O–H groups in total. The number of hydrogen-bond acceptors (Lipinski definition) is 6. The zero-order chi connectivity index (χ0) is 21.9. The van der Waals surface area contributed by atoms with E-state index in [4.69, 9.17) is 11.6 Å². The van der Waals surface area contributed by atoms with Gasteiger partial charge in [-0.15, -0.1) is 0 Å². The fourth-order valence-electron chi connectivity index (χ4n) is 3.31. The summed E-state index contributed by atoms with van der Waals surface area (Å²) in [4.78, 5) is 22.8. The van der Waals surface area contributed by atoms with E-state index in [0.717, 1.165) is 24.5 Å². The van der Waals surface area contributed by atoms with Crippen molar-refractivity contribution in [3.63, 3.8) is 0 Å². The van der Waals surface area contributed by atoms with Crippen LogP contribution in [-0.4, -0.2) is 43.1 Å². The molecular formula is C20H22ClFN4O3S. The fourth-order valence-corrected chi connectivity index (χ4v) is 4.08.